The topological polar surface area (TPSA) is 60.5 Å². The van der Waals surface area contributed by atoms with Gasteiger partial charge in [-0.25, -0.2) is 4.68 Å². The van der Waals surface area contributed by atoms with E-state index in [2.05, 4.69) is 10.00 Å². The largest absolute Gasteiger partial charge is 0.466 e. The maximum absolute atomic E-state index is 11.9. The van der Waals surface area contributed by atoms with Gasteiger partial charge in [0.1, 0.15) is 0 Å². The predicted molar refractivity (Wildman–Crippen MR) is 91.7 cm³/mol. The van der Waals surface area contributed by atoms with Crippen LogP contribution in [0.4, 0.5) is 0 Å². The van der Waals surface area contributed by atoms with E-state index in [9.17, 15) is 4.79 Å². The number of rotatable bonds is 5. The molecular formula is C17H21N3O3S. The summed E-state index contributed by atoms with van der Waals surface area (Å²) in [6, 6.07) is 9.67. The minimum atomic E-state index is -0.115. The van der Waals surface area contributed by atoms with Gasteiger partial charge in [-0.2, -0.15) is 0 Å². The molecule has 0 aliphatic carbocycles. The van der Waals surface area contributed by atoms with Gasteiger partial charge in [0.05, 0.1) is 19.2 Å². The van der Waals surface area contributed by atoms with E-state index in [4.69, 9.17) is 21.4 Å². The number of nitrogens with zero attached hydrogens (tertiary/aromatic N) is 3. The fraction of sp³-hybridized carbons (Fsp3) is 0.471. The van der Waals surface area contributed by atoms with Crippen molar-refractivity contribution in [1.29, 1.82) is 0 Å². The fourth-order valence-corrected chi connectivity index (χ4v) is 3.10. The summed E-state index contributed by atoms with van der Waals surface area (Å²) in [6.45, 7) is 4.34. The Morgan fingerprint density at radius 2 is 2.21 bits per heavy atom. The van der Waals surface area contributed by atoms with Gasteiger partial charge in [-0.1, -0.05) is 18.2 Å². The number of carbonyl (C=O) groups is 1. The first kappa shape index (κ1) is 16.9. The Hall–Kier alpha value is -1.99. The SMILES string of the molecule is CCOC(=O)[C@@H]1CCCN(Cn2nc(-c3ccccc3)oc2=S)C1. The van der Waals surface area contributed by atoms with Gasteiger partial charge in [-0.15, -0.1) is 5.10 Å². The van der Waals surface area contributed by atoms with Crippen molar-refractivity contribution < 1.29 is 13.9 Å². The summed E-state index contributed by atoms with van der Waals surface area (Å²) >= 11 is 5.28. The number of piperidine rings is 1. The van der Waals surface area contributed by atoms with E-state index in [0.29, 0.717) is 30.5 Å². The van der Waals surface area contributed by atoms with Crippen molar-refractivity contribution in [1.82, 2.24) is 14.7 Å². The summed E-state index contributed by atoms with van der Waals surface area (Å²) < 4.78 is 12.4. The van der Waals surface area contributed by atoms with E-state index in [1.54, 1.807) is 4.68 Å². The molecule has 1 aliphatic rings. The first-order chi connectivity index (χ1) is 11.7. The predicted octanol–water partition coefficient (Wildman–Crippen LogP) is 3.11. The number of hydrogen-bond donors (Lipinski definition) is 0. The summed E-state index contributed by atoms with van der Waals surface area (Å²) in [4.78, 5) is 14.4. The fourth-order valence-electron chi connectivity index (χ4n) is 2.92. The number of ether oxygens (including phenoxy) is 1. The normalized spacial score (nSPS) is 18.5. The summed E-state index contributed by atoms with van der Waals surface area (Å²) in [5.41, 5.74) is 0.894. The van der Waals surface area contributed by atoms with E-state index in [0.717, 1.165) is 24.9 Å². The van der Waals surface area contributed by atoms with Crippen molar-refractivity contribution in [3.8, 4) is 11.5 Å². The molecule has 2 aromatic rings. The highest BCUT2D eigenvalue weighted by molar-refractivity contribution is 7.71. The molecule has 128 valence electrons. The lowest BCUT2D eigenvalue weighted by Gasteiger charge is -2.30. The quantitative estimate of drug-likeness (QED) is 0.612. The van der Waals surface area contributed by atoms with Crippen molar-refractivity contribution >= 4 is 18.2 Å². The Morgan fingerprint density at radius 1 is 1.42 bits per heavy atom. The van der Waals surface area contributed by atoms with Gasteiger partial charge in [0.25, 0.3) is 4.84 Å². The lowest BCUT2D eigenvalue weighted by atomic mass is 9.99. The zero-order valence-electron chi connectivity index (χ0n) is 13.7. The molecule has 7 heteroatoms. The van der Waals surface area contributed by atoms with Crippen LogP contribution in [0.15, 0.2) is 34.7 Å². The Kier molecular flexibility index (Phi) is 5.42. The van der Waals surface area contributed by atoms with Crippen LogP contribution in [0.25, 0.3) is 11.5 Å². The van der Waals surface area contributed by atoms with E-state index in [1.807, 2.05) is 37.3 Å². The molecule has 0 spiro atoms. The zero-order chi connectivity index (χ0) is 16.9. The van der Waals surface area contributed by atoms with Crippen LogP contribution in [-0.4, -0.2) is 40.3 Å². The molecule has 2 heterocycles. The lowest BCUT2D eigenvalue weighted by molar-refractivity contribution is -0.150. The molecule has 3 rings (SSSR count). The zero-order valence-corrected chi connectivity index (χ0v) is 14.5. The van der Waals surface area contributed by atoms with Gasteiger partial charge in [0.15, 0.2) is 0 Å². The monoisotopic (exact) mass is 347 g/mol. The highest BCUT2D eigenvalue weighted by Gasteiger charge is 2.27. The van der Waals surface area contributed by atoms with Gasteiger partial charge in [-0.3, -0.25) is 9.69 Å². The van der Waals surface area contributed by atoms with Crippen LogP contribution in [0, 0.1) is 10.8 Å². The molecule has 0 N–H and O–H groups in total. The Balaban J connectivity index is 1.69. The second kappa shape index (κ2) is 7.72. The van der Waals surface area contributed by atoms with Crippen molar-refractivity contribution in [2.24, 2.45) is 5.92 Å². The molecule has 6 nitrogen and oxygen atoms in total. The van der Waals surface area contributed by atoms with E-state index >= 15 is 0 Å². The Bertz CT molecular complexity index is 741. The number of benzene rings is 1. The number of likely N-dealkylation sites (tertiary alicyclic amines) is 1. The molecule has 1 aromatic heterocycles. The molecule has 0 bridgehead atoms. The van der Waals surface area contributed by atoms with Gasteiger partial charge in [0, 0.05) is 12.1 Å². The van der Waals surface area contributed by atoms with Gasteiger partial charge in [-0.05, 0) is 50.7 Å². The van der Waals surface area contributed by atoms with Crippen LogP contribution in [0.1, 0.15) is 19.8 Å². The second-order valence-corrected chi connectivity index (χ2v) is 6.20. The smallest absolute Gasteiger partial charge is 0.310 e. The molecular weight excluding hydrogens is 326 g/mol. The summed E-state index contributed by atoms with van der Waals surface area (Å²) in [5, 5.41) is 4.47. The molecule has 1 aliphatic heterocycles. The van der Waals surface area contributed by atoms with Crippen molar-refractivity contribution in [2.45, 2.75) is 26.4 Å². The summed E-state index contributed by atoms with van der Waals surface area (Å²) in [7, 11) is 0. The highest BCUT2D eigenvalue weighted by atomic mass is 32.1. The number of carbonyl (C=O) groups excluding carboxylic acids is 1. The van der Waals surface area contributed by atoms with Crippen LogP contribution < -0.4 is 0 Å². The third-order valence-electron chi connectivity index (χ3n) is 4.09. The standard InChI is InChI=1S/C17H21N3O3S/c1-2-22-16(21)14-9-6-10-19(11-14)12-20-17(24)23-15(18-20)13-7-4-3-5-8-13/h3-5,7-8,14H,2,6,9-12H2,1H3/t14-/m1/s1. The second-order valence-electron chi connectivity index (χ2n) is 5.85. The van der Waals surface area contributed by atoms with Crippen molar-refractivity contribution in [2.75, 3.05) is 19.7 Å². The number of hydrogen-bond acceptors (Lipinski definition) is 6. The Morgan fingerprint density at radius 3 is 2.96 bits per heavy atom. The van der Waals surface area contributed by atoms with E-state index < -0.39 is 0 Å². The first-order valence-corrected chi connectivity index (χ1v) is 8.60. The van der Waals surface area contributed by atoms with Gasteiger partial charge < -0.3 is 9.15 Å². The minimum absolute atomic E-state index is 0.0756. The lowest BCUT2D eigenvalue weighted by Crippen LogP contribution is -2.40. The highest BCUT2D eigenvalue weighted by Crippen LogP contribution is 2.20. The van der Waals surface area contributed by atoms with Crippen LogP contribution in [-0.2, 0) is 16.2 Å². The molecule has 0 saturated carbocycles. The molecule has 0 unspecified atom stereocenters. The summed E-state index contributed by atoms with van der Waals surface area (Å²) in [6.07, 6.45) is 1.83. The third-order valence-corrected chi connectivity index (χ3v) is 4.38. The Labute approximate surface area is 146 Å². The molecule has 0 radical (unpaired) electrons. The average molecular weight is 347 g/mol. The first-order valence-electron chi connectivity index (χ1n) is 8.19. The molecule has 1 aromatic carbocycles. The van der Waals surface area contributed by atoms with Gasteiger partial charge in [0.2, 0.25) is 5.89 Å². The van der Waals surface area contributed by atoms with Crippen LogP contribution in [0.3, 0.4) is 0 Å². The van der Waals surface area contributed by atoms with Crippen LogP contribution >= 0.6 is 12.2 Å². The maximum atomic E-state index is 11.9. The minimum Gasteiger partial charge on any atom is -0.466 e. The average Bonchev–Trinajstić information content (AvgIpc) is 2.97. The van der Waals surface area contributed by atoms with Gasteiger partial charge >= 0.3 is 5.97 Å². The number of esters is 1. The molecule has 1 saturated heterocycles. The van der Waals surface area contributed by atoms with Crippen molar-refractivity contribution in [3.63, 3.8) is 0 Å². The molecule has 1 fully saturated rings. The molecule has 0 amide bonds. The molecule has 24 heavy (non-hydrogen) atoms. The van der Waals surface area contributed by atoms with Crippen LogP contribution in [0.2, 0.25) is 0 Å². The maximum Gasteiger partial charge on any atom is 0.310 e. The third kappa shape index (κ3) is 3.91. The number of aromatic nitrogens is 2. The summed E-state index contributed by atoms with van der Waals surface area (Å²) in [5.74, 6) is 0.323. The van der Waals surface area contributed by atoms with Crippen molar-refractivity contribution in [3.05, 3.63) is 35.2 Å². The molecule has 1 atom stereocenters. The van der Waals surface area contributed by atoms with Crippen LogP contribution in [0.5, 0.6) is 0 Å². The van der Waals surface area contributed by atoms with E-state index in [1.165, 1.54) is 0 Å². The van der Waals surface area contributed by atoms with E-state index in [-0.39, 0.29) is 11.9 Å².